The Morgan fingerprint density at radius 1 is 1.29 bits per heavy atom. The van der Waals surface area contributed by atoms with Crippen molar-refractivity contribution < 1.29 is 4.79 Å². The number of carbonyl (C=O) groups is 1. The summed E-state index contributed by atoms with van der Waals surface area (Å²) in [6.07, 6.45) is 7.59. The van der Waals surface area contributed by atoms with E-state index >= 15 is 0 Å². The van der Waals surface area contributed by atoms with Gasteiger partial charge < -0.3 is 5.32 Å². The first kappa shape index (κ1) is 16.0. The van der Waals surface area contributed by atoms with Crippen LogP contribution in [0.15, 0.2) is 43.0 Å². The molecular formula is C17H20N6O. The second-order valence-electron chi connectivity index (χ2n) is 6.88. The van der Waals surface area contributed by atoms with Gasteiger partial charge in [0.15, 0.2) is 0 Å². The minimum Gasteiger partial charge on any atom is -0.342 e. The number of hydrogen-bond acceptors (Lipinski definition) is 5. The summed E-state index contributed by atoms with van der Waals surface area (Å²) in [6, 6.07) is 5.40. The van der Waals surface area contributed by atoms with Crippen LogP contribution in [-0.4, -0.2) is 30.5 Å². The first-order valence-electron chi connectivity index (χ1n) is 7.80. The first-order chi connectivity index (χ1) is 11.4. The summed E-state index contributed by atoms with van der Waals surface area (Å²) in [5.41, 5.74) is 1.00. The van der Waals surface area contributed by atoms with E-state index in [2.05, 4.69) is 46.1 Å². The summed E-state index contributed by atoms with van der Waals surface area (Å²) < 4.78 is 1.48. The molecule has 0 aliphatic carbocycles. The Morgan fingerprint density at radius 3 is 2.79 bits per heavy atom. The van der Waals surface area contributed by atoms with Gasteiger partial charge in [0.25, 0.3) is 11.7 Å². The minimum atomic E-state index is -0.321. The molecule has 0 spiro atoms. The molecule has 0 radical (unpaired) electrons. The van der Waals surface area contributed by atoms with Gasteiger partial charge in [0.2, 0.25) is 5.82 Å². The van der Waals surface area contributed by atoms with E-state index in [9.17, 15) is 4.79 Å². The third-order valence-corrected chi connectivity index (χ3v) is 3.53. The highest BCUT2D eigenvalue weighted by Crippen LogP contribution is 2.29. The first-order valence-corrected chi connectivity index (χ1v) is 7.80. The van der Waals surface area contributed by atoms with Crippen molar-refractivity contribution >= 4 is 11.7 Å². The molecule has 124 valence electrons. The SMILES string of the molecule is CC(C)(C)C[C@H](NC(=O)c1nc2ncccn2n1)c1cccnc1. The predicted octanol–water partition coefficient (Wildman–Crippen LogP) is 2.43. The molecule has 3 heterocycles. The zero-order chi connectivity index (χ0) is 17.2. The number of rotatable bonds is 4. The van der Waals surface area contributed by atoms with Crippen LogP contribution in [0.5, 0.6) is 0 Å². The number of carbonyl (C=O) groups excluding carboxylic acids is 1. The molecule has 0 fully saturated rings. The lowest BCUT2D eigenvalue weighted by Crippen LogP contribution is -2.32. The smallest absolute Gasteiger partial charge is 0.291 e. The highest BCUT2D eigenvalue weighted by molar-refractivity contribution is 5.91. The maximum atomic E-state index is 12.6. The lowest BCUT2D eigenvalue weighted by molar-refractivity contribution is 0.0916. The topological polar surface area (TPSA) is 85.1 Å². The number of fused-ring (bicyclic) bond motifs is 1. The molecule has 7 heteroatoms. The van der Waals surface area contributed by atoms with E-state index in [4.69, 9.17) is 0 Å². The maximum Gasteiger partial charge on any atom is 0.291 e. The van der Waals surface area contributed by atoms with Crippen LogP contribution in [0.25, 0.3) is 5.78 Å². The number of amides is 1. The molecule has 0 aromatic carbocycles. The van der Waals surface area contributed by atoms with Crippen molar-refractivity contribution in [3.05, 3.63) is 54.4 Å². The standard InChI is InChI=1S/C17H20N6O/c1-17(2,3)10-13(12-6-4-7-18-11-12)20-15(24)14-21-16-19-8-5-9-23(16)22-14/h4-9,11,13H,10H2,1-3H3,(H,20,24)/t13-/m0/s1. The van der Waals surface area contributed by atoms with Crippen molar-refractivity contribution in [1.29, 1.82) is 0 Å². The van der Waals surface area contributed by atoms with Gasteiger partial charge in [0.1, 0.15) is 0 Å². The van der Waals surface area contributed by atoms with E-state index in [0.29, 0.717) is 5.78 Å². The number of hydrogen-bond donors (Lipinski definition) is 1. The van der Waals surface area contributed by atoms with E-state index in [-0.39, 0.29) is 23.2 Å². The summed E-state index contributed by atoms with van der Waals surface area (Å²) in [4.78, 5) is 25.0. The monoisotopic (exact) mass is 324 g/mol. The Labute approximate surface area is 140 Å². The average molecular weight is 324 g/mol. The number of nitrogens with zero attached hydrogens (tertiary/aromatic N) is 5. The van der Waals surface area contributed by atoms with Gasteiger partial charge in [-0.2, -0.15) is 4.98 Å². The van der Waals surface area contributed by atoms with Crippen LogP contribution in [0.1, 0.15) is 49.4 Å². The van der Waals surface area contributed by atoms with E-state index in [1.165, 1.54) is 4.52 Å². The van der Waals surface area contributed by atoms with Crippen molar-refractivity contribution in [2.75, 3.05) is 0 Å². The summed E-state index contributed by atoms with van der Waals surface area (Å²) >= 11 is 0. The van der Waals surface area contributed by atoms with Gasteiger partial charge in [0.05, 0.1) is 6.04 Å². The van der Waals surface area contributed by atoms with Crippen molar-refractivity contribution in [2.24, 2.45) is 5.41 Å². The molecule has 0 saturated carbocycles. The van der Waals surface area contributed by atoms with E-state index in [1.807, 2.05) is 12.1 Å². The number of aromatic nitrogens is 5. The molecule has 0 bridgehead atoms. The zero-order valence-electron chi connectivity index (χ0n) is 14.0. The molecule has 0 unspecified atom stereocenters. The summed E-state index contributed by atoms with van der Waals surface area (Å²) in [5.74, 6) is 0.187. The molecular weight excluding hydrogens is 304 g/mol. The van der Waals surface area contributed by atoms with Gasteiger partial charge >= 0.3 is 0 Å². The van der Waals surface area contributed by atoms with Crippen LogP contribution in [0.4, 0.5) is 0 Å². The zero-order valence-corrected chi connectivity index (χ0v) is 14.0. The van der Waals surface area contributed by atoms with Crippen molar-refractivity contribution in [2.45, 2.75) is 33.2 Å². The third-order valence-electron chi connectivity index (χ3n) is 3.53. The van der Waals surface area contributed by atoms with E-state index < -0.39 is 0 Å². The van der Waals surface area contributed by atoms with Gasteiger partial charge in [-0.3, -0.25) is 9.78 Å². The second-order valence-corrected chi connectivity index (χ2v) is 6.88. The summed E-state index contributed by atoms with van der Waals surface area (Å²) in [5, 5.41) is 7.19. The number of pyridine rings is 1. The Kier molecular flexibility index (Phi) is 4.24. The van der Waals surface area contributed by atoms with Crippen LogP contribution in [-0.2, 0) is 0 Å². The van der Waals surface area contributed by atoms with Crippen LogP contribution in [0.3, 0.4) is 0 Å². The molecule has 0 aliphatic rings. The molecule has 3 aromatic heterocycles. The van der Waals surface area contributed by atoms with Crippen molar-refractivity contribution in [3.8, 4) is 0 Å². The molecule has 1 atom stereocenters. The van der Waals surface area contributed by atoms with Gasteiger partial charge in [-0.1, -0.05) is 26.8 Å². The Morgan fingerprint density at radius 2 is 2.12 bits per heavy atom. The van der Waals surface area contributed by atoms with Crippen LogP contribution < -0.4 is 5.32 Å². The van der Waals surface area contributed by atoms with Gasteiger partial charge in [-0.15, -0.1) is 5.10 Å². The Bertz CT molecular complexity index is 804. The molecule has 3 rings (SSSR count). The highest BCUT2D eigenvalue weighted by Gasteiger charge is 2.24. The Hall–Kier alpha value is -2.83. The van der Waals surface area contributed by atoms with Crippen LogP contribution in [0.2, 0.25) is 0 Å². The van der Waals surface area contributed by atoms with Crippen molar-refractivity contribution in [1.82, 2.24) is 29.9 Å². The van der Waals surface area contributed by atoms with Gasteiger partial charge in [0, 0.05) is 24.8 Å². The van der Waals surface area contributed by atoms with E-state index in [0.717, 1.165) is 12.0 Å². The molecule has 0 aliphatic heterocycles. The molecule has 0 saturated heterocycles. The highest BCUT2D eigenvalue weighted by atomic mass is 16.2. The predicted molar refractivity (Wildman–Crippen MR) is 89.3 cm³/mol. The van der Waals surface area contributed by atoms with Gasteiger partial charge in [-0.05, 0) is 29.5 Å². The third kappa shape index (κ3) is 3.73. The lowest BCUT2D eigenvalue weighted by Gasteiger charge is -2.26. The fourth-order valence-electron chi connectivity index (χ4n) is 2.50. The summed E-state index contributed by atoms with van der Waals surface area (Å²) in [6.45, 7) is 6.40. The number of nitrogens with one attached hydrogen (secondary N) is 1. The normalized spacial score (nSPS) is 13.0. The van der Waals surface area contributed by atoms with Gasteiger partial charge in [-0.25, -0.2) is 9.50 Å². The quantitative estimate of drug-likeness (QED) is 0.796. The molecule has 3 aromatic rings. The van der Waals surface area contributed by atoms with Crippen LogP contribution in [0, 0.1) is 5.41 Å². The molecule has 1 N–H and O–H groups in total. The molecule has 24 heavy (non-hydrogen) atoms. The second kappa shape index (κ2) is 6.35. The molecule has 1 amide bonds. The van der Waals surface area contributed by atoms with E-state index in [1.54, 1.807) is 30.9 Å². The fraction of sp³-hybridized carbons (Fsp3) is 0.353. The lowest BCUT2D eigenvalue weighted by atomic mass is 9.86. The minimum absolute atomic E-state index is 0.0433. The van der Waals surface area contributed by atoms with Crippen molar-refractivity contribution in [3.63, 3.8) is 0 Å². The summed E-state index contributed by atoms with van der Waals surface area (Å²) in [7, 11) is 0. The average Bonchev–Trinajstić information content (AvgIpc) is 2.98. The molecule has 7 nitrogen and oxygen atoms in total. The Balaban J connectivity index is 1.84. The largest absolute Gasteiger partial charge is 0.342 e. The fourth-order valence-corrected chi connectivity index (χ4v) is 2.50. The van der Waals surface area contributed by atoms with Crippen LogP contribution >= 0.6 is 0 Å². The maximum absolute atomic E-state index is 12.6.